The number of methoxy groups -OCH3 is 3. The van der Waals surface area contributed by atoms with Gasteiger partial charge >= 0.3 is 0 Å². The number of hydrogen-bond acceptors (Lipinski definition) is 4. The van der Waals surface area contributed by atoms with E-state index in [2.05, 4.69) is 21.2 Å². The van der Waals surface area contributed by atoms with Gasteiger partial charge in [-0.15, -0.1) is 0 Å². The van der Waals surface area contributed by atoms with E-state index in [1.165, 1.54) is 0 Å². The zero-order valence-electron chi connectivity index (χ0n) is 10.9. The Labute approximate surface area is 116 Å². The predicted molar refractivity (Wildman–Crippen MR) is 74.0 cm³/mol. The summed E-state index contributed by atoms with van der Waals surface area (Å²) in [4.78, 5) is 0. The number of rotatable bonds is 4. The molecular formula is C13H18BrNO3. The molecule has 0 aliphatic carbocycles. The Morgan fingerprint density at radius 1 is 1.17 bits per heavy atom. The van der Waals surface area contributed by atoms with Gasteiger partial charge in [-0.25, -0.2) is 0 Å². The van der Waals surface area contributed by atoms with E-state index < -0.39 is 0 Å². The molecule has 0 spiro atoms. The average Bonchev–Trinajstić information content (AvgIpc) is 2.90. The maximum absolute atomic E-state index is 5.52. The summed E-state index contributed by atoms with van der Waals surface area (Å²) >= 11 is 3.53. The van der Waals surface area contributed by atoms with E-state index in [4.69, 9.17) is 14.2 Å². The van der Waals surface area contributed by atoms with Gasteiger partial charge in [-0.3, -0.25) is 0 Å². The third kappa shape index (κ3) is 2.29. The molecule has 0 radical (unpaired) electrons. The van der Waals surface area contributed by atoms with Crippen molar-refractivity contribution in [2.45, 2.75) is 12.3 Å². The summed E-state index contributed by atoms with van der Waals surface area (Å²) in [5.41, 5.74) is 1.08. The third-order valence-electron chi connectivity index (χ3n) is 3.28. The van der Waals surface area contributed by atoms with E-state index in [-0.39, 0.29) is 0 Å². The molecule has 1 N–H and O–H groups in total. The van der Waals surface area contributed by atoms with E-state index in [0.29, 0.717) is 5.92 Å². The van der Waals surface area contributed by atoms with Crippen molar-refractivity contribution in [1.82, 2.24) is 5.32 Å². The van der Waals surface area contributed by atoms with Crippen LogP contribution < -0.4 is 19.5 Å². The molecule has 1 aliphatic rings. The predicted octanol–water partition coefficient (Wildman–Crippen LogP) is 2.55. The van der Waals surface area contributed by atoms with Crippen molar-refractivity contribution in [3.05, 3.63) is 16.1 Å². The number of nitrogens with one attached hydrogen (secondary N) is 1. The molecule has 18 heavy (non-hydrogen) atoms. The molecule has 1 aromatic carbocycles. The van der Waals surface area contributed by atoms with E-state index in [1.54, 1.807) is 21.3 Å². The normalized spacial score (nSPS) is 18.8. The first-order valence-electron chi connectivity index (χ1n) is 5.92. The summed E-state index contributed by atoms with van der Waals surface area (Å²) in [7, 11) is 4.99. The molecule has 5 heteroatoms. The van der Waals surface area contributed by atoms with Crippen LogP contribution in [0.4, 0.5) is 0 Å². The van der Waals surface area contributed by atoms with E-state index in [1.807, 2.05) is 6.07 Å². The van der Waals surface area contributed by atoms with Crippen LogP contribution in [0.5, 0.6) is 17.2 Å². The molecule has 0 aromatic heterocycles. The van der Waals surface area contributed by atoms with Crippen molar-refractivity contribution in [3.63, 3.8) is 0 Å². The molecule has 1 atom stereocenters. The zero-order valence-corrected chi connectivity index (χ0v) is 12.5. The Bertz CT molecular complexity index is 431. The first-order chi connectivity index (χ1) is 8.72. The third-order valence-corrected chi connectivity index (χ3v) is 3.87. The second kappa shape index (κ2) is 5.80. The lowest BCUT2D eigenvalue weighted by molar-refractivity contribution is 0.339. The minimum atomic E-state index is 0.390. The van der Waals surface area contributed by atoms with Crippen LogP contribution in [0, 0.1) is 0 Å². The SMILES string of the molecule is COc1cc(Br)c(OC)c(C2CCNC2)c1OC. The summed E-state index contributed by atoms with van der Waals surface area (Å²) in [6, 6.07) is 1.88. The number of ether oxygens (including phenoxy) is 3. The van der Waals surface area contributed by atoms with Crippen LogP contribution in [0.2, 0.25) is 0 Å². The highest BCUT2D eigenvalue weighted by atomic mass is 79.9. The van der Waals surface area contributed by atoms with E-state index in [9.17, 15) is 0 Å². The molecule has 0 bridgehead atoms. The molecule has 1 aromatic rings. The van der Waals surface area contributed by atoms with Crippen molar-refractivity contribution in [2.75, 3.05) is 34.4 Å². The molecule has 1 saturated heterocycles. The van der Waals surface area contributed by atoms with Crippen molar-refractivity contribution >= 4 is 15.9 Å². The molecule has 100 valence electrons. The lowest BCUT2D eigenvalue weighted by Crippen LogP contribution is -2.10. The van der Waals surface area contributed by atoms with Crippen LogP contribution in [-0.4, -0.2) is 34.4 Å². The molecule has 0 amide bonds. The van der Waals surface area contributed by atoms with Gasteiger partial charge in [0.05, 0.1) is 25.8 Å². The summed E-state index contributed by atoms with van der Waals surface area (Å²) in [6.45, 7) is 1.96. The van der Waals surface area contributed by atoms with Gasteiger partial charge in [-0.1, -0.05) is 0 Å². The molecular weight excluding hydrogens is 298 g/mol. The van der Waals surface area contributed by atoms with Crippen molar-refractivity contribution in [1.29, 1.82) is 0 Å². The van der Waals surface area contributed by atoms with Crippen LogP contribution in [-0.2, 0) is 0 Å². The lowest BCUT2D eigenvalue weighted by Gasteiger charge is -2.21. The van der Waals surface area contributed by atoms with Crippen LogP contribution in [0.1, 0.15) is 17.9 Å². The van der Waals surface area contributed by atoms with Gasteiger partial charge in [0.1, 0.15) is 5.75 Å². The first-order valence-corrected chi connectivity index (χ1v) is 6.71. The summed E-state index contributed by atoms with van der Waals surface area (Å²) in [5, 5.41) is 3.36. The first kappa shape index (κ1) is 13.5. The fourth-order valence-electron chi connectivity index (χ4n) is 2.45. The smallest absolute Gasteiger partial charge is 0.168 e. The Hall–Kier alpha value is -0.940. The molecule has 1 aliphatic heterocycles. The quantitative estimate of drug-likeness (QED) is 0.927. The number of benzene rings is 1. The average molecular weight is 316 g/mol. The molecule has 0 saturated carbocycles. The Balaban J connectivity index is 2.59. The van der Waals surface area contributed by atoms with E-state index in [0.717, 1.165) is 46.8 Å². The van der Waals surface area contributed by atoms with Crippen molar-refractivity contribution in [2.24, 2.45) is 0 Å². The summed E-state index contributed by atoms with van der Waals surface area (Å²) in [5.74, 6) is 2.72. The lowest BCUT2D eigenvalue weighted by atomic mass is 9.96. The van der Waals surface area contributed by atoms with Gasteiger partial charge < -0.3 is 19.5 Å². The highest BCUT2D eigenvalue weighted by Crippen LogP contribution is 2.47. The second-order valence-corrected chi connectivity index (χ2v) is 5.08. The van der Waals surface area contributed by atoms with Gasteiger partial charge in [0.2, 0.25) is 0 Å². The Morgan fingerprint density at radius 2 is 1.89 bits per heavy atom. The zero-order chi connectivity index (χ0) is 13.1. The van der Waals surface area contributed by atoms with Crippen molar-refractivity contribution in [3.8, 4) is 17.2 Å². The summed E-state index contributed by atoms with van der Waals surface area (Å²) in [6.07, 6.45) is 1.08. The van der Waals surface area contributed by atoms with Crippen LogP contribution >= 0.6 is 15.9 Å². The van der Waals surface area contributed by atoms with Gasteiger partial charge in [0.15, 0.2) is 11.5 Å². The second-order valence-electron chi connectivity index (χ2n) is 4.23. The largest absolute Gasteiger partial charge is 0.495 e. The fourth-order valence-corrected chi connectivity index (χ4v) is 3.04. The molecule has 1 unspecified atom stereocenters. The van der Waals surface area contributed by atoms with Crippen LogP contribution in [0.15, 0.2) is 10.5 Å². The highest BCUT2D eigenvalue weighted by molar-refractivity contribution is 9.10. The van der Waals surface area contributed by atoms with Gasteiger partial charge in [-0.05, 0) is 28.9 Å². The fraction of sp³-hybridized carbons (Fsp3) is 0.538. The van der Waals surface area contributed by atoms with E-state index >= 15 is 0 Å². The maximum Gasteiger partial charge on any atom is 0.168 e. The number of hydrogen-bond donors (Lipinski definition) is 1. The minimum Gasteiger partial charge on any atom is -0.495 e. The van der Waals surface area contributed by atoms with Gasteiger partial charge in [0.25, 0.3) is 0 Å². The maximum atomic E-state index is 5.52. The molecule has 1 fully saturated rings. The minimum absolute atomic E-state index is 0.390. The highest BCUT2D eigenvalue weighted by Gasteiger charge is 2.28. The molecule has 4 nitrogen and oxygen atoms in total. The van der Waals surface area contributed by atoms with Crippen LogP contribution in [0.3, 0.4) is 0 Å². The van der Waals surface area contributed by atoms with Gasteiger partial charge in [-0.2, -0.15) is 0 Å². The number of halogens is 1. The Morgan fingerprint density at radius 3 is 2.39 bits per heavy atom. The topological polar surface area (TPSA) is 39.7 Å². The molecule has 1 heterocycles. The Kier molecular flexibility index (Phi) is 4.35. The van der Waals surface area contributed by atoms with Gasteiger partial charge in [0, 0.05) is 24.1 Å². The standard InChI is InChI=1S/C13H18BrNO3/c1-16-10-6-9(14)12(17-2)11(13(10)18-3)8-4-5-15-7-8/h6,8,15H,4-5,7H2,1-3H3. The molecule has 2 rings (SSSR count). The van der Waals surface area contributed by atoms with Crippen LogP contribution in [0.25, 0.3) is 0 Å². The monoisotopic (exact) mass is 315 g/mol. The summed E-state index contributed by atoms with van der Waals surface area (Å²) < 4.78 is 17.3. The van der Waals surface area contributed by atoms with Crippen molar-refractivity contribution < 1.29 is 14.2 Å².